The minimum absolute atomic E-state index is 0.0640. The van der Waals surface area contributed by atoms with E-state index in [9.17, 15) is 4.57 Å². The lowest BCUT2D eigenvalue weighted by Gasteiger charge is -2.20. The number of phosphoric acid groups is 1. The van der Waals surface area contributed by atoms with Crippen LogP contribution in [0.2, 0.25) is 0 Å². The second-order valence-electron chi connectivity index (χ2n) is 6.48. The van der Waals surface area contributed by atoms with E-state index in [2.05, 4.69) is 0 Å². The highest BCUT2D eigenvalue weighted by atomic mass is 31.2. The summed E-state index contributed by atoms with van der Waals surface area (Å²) in [6, 6.07) is 22.9. The highest BCUT2D eigenvalue weighted by Crippen LogP contribution is 2.51. The first-order valence-electron chi connectivity index (χ1n) is 9.47. The van der Waals surface area contributed by atoms with Crippen molar-refractivity contribution >= 4 is 7.82 Å². The predicted molar refractivity (Wildman–Crippen MR) is 113 cm³/mol. The normalized spacial score (nSPS) is 13.2. The quantitative estimate of drug-likeness (QED) is 0.424. The van der Waals surface area contributed by atoms with Gasteiger partial charge < -0.3 is 23.0 Å². The lowest BCUT2D eigenvalue weighted by molar-refractivity contribution is 0.173. The molecule has 0 spiro atoms. The number of hydrogen-bond donors (Lipinski definition) is 0. The summed E-state index contributed by atoms with van der Waals surface area (Å²) in [4.78, 5) is 0. The van der Waals surface area contributed by atoms with Crippen LogP contribution in [-0.2, 0) is 15.5 Å². The zero-order valence-electron chi connectivity index (χ0n) is 16.4. The van der Waals surface area contributed by atoms with Gasteiger partial charge in [0.2, 0.25) is 0 Å². The van der Waals surface area contributed by atoms with E-state index < -0.39 is 7.82 Å². The molecule has 0 saturated heterocycles. The van der Waals surface area contributed by atoms with E-state index in [0.717, 1.165) is 17.7 Å². The fraction of sp³-hybridized carbons (Fsp3) is 0.130. The number of para-hydroxylation sites is 2. The number of hydrogen-bond acceptors (Lipinski definition) is 6. The van der Waals surface area contributed by atoms with E-state index in [4.69, 9.17) is 23.0 Å². The maximum atomic E-state index is 13.5. The fourth-order valence-electron chi connectivity index (χ4n) is 2.92. The topological polar surface area (TPSA) is 63.2 Å². The number of ether oxygens (including phenoxy) is 2. The van der Waals surface area contributed by atoms with Gasteiger partial charge in [0.1, 0.15) is 23.0 Å². The van der Waals surface area contributed by atoms with Gasteiger partial charge in [-0.05, 0) is 66.9 Å². The van der Waals surface area contributed by atoms with E-state index in [0.29, 0.717) is 23.7 Å². The number of methoxy groups -OCH3 is 1. The summed E-state index contributed by atoms with van der Waals surface area (Å²) in [5.74, 6) is 2.12. The molecule has 0 aliphatic carbocycles. The van der Waals surface area contributed by atoms with Crippen molar-refractivity contribution in [2.45, 2.75) is 12.8 Å². The van der Waals surface area contributed by atoms with Crippen LogP contribution in [0.1, 0.15) is 12.0 Å². The molecule has 3 aromatic rings. The molecule has 0 atom stereocenters. The van der Waals surface area contributed by atoms with Gasteiger partial charge >= 0.3 is 7.82 Å². The molecule has 0 saturated carbocycles. The number of fused-ring (bicyclic) bond motifs is 1. The standard InChI is InChI=1S/C23H21O6P/c1-25-21-15-16-22-18(17-21)9-8-14-23(26-22)29-30(24,27-19-10-4-2-5-11-19)28-20-12-6-3-7-13-20/h2-7,10-17H,8-9H2,1H3. The molecule has 7 heteroatoms. The van der Waals surface area contributed by atoms with Crippen molar-refractivity contribution in [3.8, 4) is 23.0 Å². The Bertz CT molecular complexity index is 1020. The lowest BCUT2D eigenvalue weighted by atomic mass is 10.1. The third-order valence-electron chi connectivity index (χ3n) is 4.33. The maximum absolute atomic E-state index is 13.5. The summed E-state index contributed by atoms with van der Waals surface area (Å²) >= 11 is 0. The molecule has 3 aromatic carbocycles. The molecule has 6 nitrogen and oxygen atoms in total. The minimum Gasteiger partial charge on any atom is -0.497 e. The van der Waals surface area contributed by atoms with Crippen LogP contribution in [0.15, 0.2) is 90.9 Å². The Morgan fingerprint density at radius 2 is 1.43 bits per heavy atom. The first kappa shape index (κ1) is 19.9. The Morgan fingerprint density at radius 3 is 2.03 bits per heavy atom. The molecule has 1 heterocycles. The molecule has 0 fully saturated rings. The Hall–Kier alpha value is -3.37. The Morgan fingerprint density at radius 1 is 0.800 bits per heavy atom. The van der Waals surface area contributed by atoms with E-state index in [1.807, 2.05) is 18.2 Å². The Balaban J connectivity index is 1.59. The lowest BCUT2D eigenvalue weighted by Crippen LogP contribution is -2.08. The van der Waals surface area contributed by atoms with E-state index in [1.54, 1.807) is 73.8 Å². The summed E-state index contributed by atoms with van der Waals surface area (Å²) in [5, 5.41) is 0. The van der Waals surface area contributed by atoms with Crippen molar-refractivity contribution < 1.29 is 27.6 Å². The highest BCUT2D eigenvalue weighted by Gasteiger charge is 2.35. The fourth-order valence-corrected chi connectivity index (χ4v) is 4.12. The van der Waals surface area contributed by atoms with Crippen LogP contribution in [0.4, 0.5) is 0 Å². The van der Waals surface area contributed by atoms with Crippen LogP contribution >= 0.6 is 7.82 Å². The summed E-state index contributed by atoms with van der Waals surface area (Å²) in [5.41, 5.74) is 0.965. The van der Waals surface area contributed by atoms with Gasteiger partial charge in [-0.1, -0.05) is 36.4 Å². The molecule has 0 unspecified atom stereocenters. The van der Waals surface area contributed by atoms with Crippen molar-refractivity contribution in [2.75, 3.05) is 7.11 Å². The molecule has 154 valence electrons. The van der Waals surface area contributed by atoms with Crippen molar-refractivity contribution in [1.29, 1.82) is 0 Å². The molecular weight excluding hydrogens is 403 g/mol. The van der Waals surface area contributed by atoms with Crippen LogP contribution < -0.4 is 18.5 Å². The number of allylic oxidation sites excluding steroid dienone is 1. The maximum Gasteiger partial charge on any atom is 0.649 e. The van der Waals surface area contributed by atoms with Gasteiger partial charge in [0.05, 0.1) is 7.11 Å². The number of benzene rings is 3. The minimum atomic E-state index is -4.10. The van der Waals surface area contributed by atoms with Crippen molar-refractivity contribution in [3.05, 3.63) is 96.4 Å². The van der Waals surface area contributed by atoms with Crippen molar-refractivity contribution in [1.82, 2.24) is 0 Å². The van der Waals surface area contributed by atoms with E-state index >= 15 is 0 Å². The summed E-state index contributed by atoms with van der Waals surface area (Å²) in [6.07, 6.45) is 3.08. The Kier molecular flexibility index (Phi) is 5.96. The molecule has 0 N–H and O–H groups in total. The molecule has 30 heavy (non-hydrogen) atoms. The van der Waals surface area contributed by atoms with Gasteiger partial charge in [-0.3, -0.25) is 0 Å². The van der Waals surface area contributed by atoms with Gasteiger partial charge in [-0.15, -0.1) is 0 Å². The van der Waals surface area contributed by atoms with Crippen LogP contribution in [0.3, 0.4) is 0 Å². The van der Waals surface area contributed by atoms with E-state index in [1.165, 1.54) is 0 Å². The highest BCUT2D eigenvalue weighted by molar-refractivity contribution is 7.49. The first-order valence-corrected chi connectivity index (χ1v) is 10.9. The Labute approximate surface area is 175 Å². The van der Waals surface area contributed by atoms with Crippen molar-refractivity contribution in [2.24, 2.45) is 0 Å². The first-order chi connectivity index (χ1) is 14.6. The van der Waals surface area contributed by atoms with Gasteiger partial charge in [0.25, 0.3) is 5.95 Å². The third kappa shape index (κ3) is 4.97. The van der Waals surface area contributed by atoms with Gasteiger partial charge in [0, 0.05) is 0 Å². The molecular formula is C23H21O6P. The van der Waals surface area contributed by atoms with Crippen LogP contribution in [-0.4, -0.2) is 7.11 Å². The predicted octanol–water partition coefficient (Wildman–Crippen LogP) is 6.14. The monoisotopic (exact) mass is 424 g/mol. The number of rotatable bonds is 7. The largest absolute Gasteiger partial charge is 0.649 e. The summed E-state index contributed by atoms with van der Waals surface area (Å²) in [6.45, 7) is 0. The molecule has 1 aliphatic rings. The van der Waals surface area contributed by atoms with E-state index in [-0.39, 0.29) is 5.95 Å². The van der Waals surface area contributed by atoms with Crippen molar-refractivity contribution in [3.63, 3.8) is 0 Å². The zero-order valence-corrected chi connectivity index (χ0v) is 17.3. The number of aryl methyl sites for hydroxylation is 1. The second kappa shape index (κ2) is 8.97. The molecule has 0 amide bonds. The average Bonchev–Trinajstić information content (AvgIpc) is 2.95. The summed E-state index contributed by atoms with van der Waals surface area (Å²) in [7, 11) is -2.48. The van der Waals surface area contributed by atoms with Crippen LogP contribution in [0, 0.1) is 0 Å². The third-order valence-corrected chi connectivity index (χ3v) is 5.60. The second-order valence-corrected chi connectivity index (χ2v) is 7.93. The SMILES string of the molecule is COc1ccc2c(c1)CCC=C(OP(=O)(Oc1ccccc1)Oc1ccccc1)O2. The molecule has 4 rings (SSSR count). The summed E-state index contributed by atoms with van der Waals surface area (Å²) < 4.78 is 41.7. The van der Waals surface area contributed by atoms with Crippen LogP contribution in [0.5, 0.6) is 23.0 Å². The van der Waals surface area contributed by atoms with Gasteiger partial charge in [-0.2, -0.15) is 4.57 Å². The smallest absolute Gasteiger partial charge is 0.497 e. The zero-order chi connectivity index (χ0) is 20.8. The molecule has 1 aliphatic heterocycles. The van der Waals surface area contributed by atoms with Gasteiger partial charge in [0.15, 0.2) is 0 Å². The molecule has 0 aromatic heterocycles. The number of phosphoric ester groups is 1. The molecule has 0 bridgehead atoms. The van der Waals surface area contributed by atoms with Gasteiger partial charge in [-0.25, -0.2) is 0 Å². The van der Waals surface area contributed by atoms with Crippen LogP contribution in [0.25, 0.3) is 0 Å². The molecule has 0 radical (unpaired) electrons. The average molecular weight is 424 g/mol.